The normalized spacial score (nSPS) is 13.0. The minimum absolute atomic E-state index is 0.586. The van der Waals surface area contributed by atoms with Gasteiger partial charge in [0, 0.05) is 5.25 Å². The third-order valence-corrected chi connectivity index (χ3v) is 5.17. The first-order chi connectivity index (χ1) is 8.43. The average molecular weight is 379 g/mol. The van der Waals surface area contributed by atoms with Gasteiger partial charge in [0.2, 0.25) is 0 Å². The van der Waals surface area contributed by atoms with Crippen LogP contribution in [-0.4, -0.2) is 15.2 Å². The zero-order valence-electron chi connectivity index (χ0n) is 11.5. The highest BCUT2D eigenvalue weighted by atomic mass is 127. The van der Waals surface area contributed by atoms with Crippen molar-refractivity contribution in [2.45, 2.75) is 51.5 Å². The maximum atomic E-state index is 5.97. The summed E-state index contributed by atoms with van der Waals surface area (Å²) in [6.45, 7) is 8.82. The van der Waals surface area contributed by atoms with Gasteiger partial charge in [-0.25, -0.2) is 9.97 Å². The molecule has 0 aromatic carbocycles. The topological polar surface area (TPSA) is 51.8 Å². The molecule has 2 N–H and O–H groups in total. The third kappa shape index (κ3) is 4.91. The fourth-order valence-corrected chi connectivity index (χ4v) is 2.75. The molecule has 0 aliphatic heterocycles. The fraction of sp³-hybridized carbons (Fsp3) is 0.692. The molecule has 0 radical (unpaired) electrons. The lowest BCUT2D eigenvalue weighted by Crippen LogP contribution is -2.09. The summed E-state index contributed by atoms with van der Waals surface area (Å²) in [5.74, 6) is 2.93. The van der Waals surface area contributed by atoms with Crippen molar-refractivity contribution in [2.75, 3.05) is 5.73 Å². The predicted octanol–water partition coefficient (Wildman–Crippen LogP) is 3.89. The number of nitrogens with zero attached hydrogens (tertiary/aromatic N) is 2. The van der Waals surface area contributed by atoms with Crippen LogP contribution in [0.2, 0.25) is 0 Å². The van der Waals surface area contributed by atoms with Crippen LogP contribution in [0.5, 0.6) is 0 Å². The summed E-state index contributed by atoms with van der Waals surface area (Å²) in [4.78, 5) is 9.05. The van der Waals surface area contributed by atoms with E-state index in [1.54, 1.807) is 0 Å². The van der Waals surface area contributed by atoms with Crippen LogP contribution in [0.25, 0.3) is 0 Å². The number of aromatic nitrogens is 2. The molecule has 18 heavy (non-hydrogen) atoms. The molecule has 0 amide bonds. The van der Waals surface area contributed by atoms with E-state index >= 15 is 0 Å². The summed E-state index contributed by atoms with van der Waals surface area (Å²) < 4.78 is 1.01. The molecule has 5 heteroatoms. The Morgan fingerprint density at radius 1 is 1.28 bits per heavy atom. The van der Waals surface area contributed by atoms with Gasteiger partial charge in [0.05, 0.1) is 15.0 Å². The second-order valence-corrected chi connectivity index (χ2v) is 7.42. The summed E-state index contributed by atoms with van der Waals surface area (Å²) >= 11 is 4.14. The van der Waals surface area contributed by atoms with Crippen molar-refractivity contribution in [2.24, 2.45) is 5.92 Å². The SMILES string of the molecule is CCC(C)SCc1nc(N)c(I)c(CC(C)C)n1. The van der Waals surface area contributed by atoms with Crippen LogP contribution in [0.1, 0.15) is 45.6 Å². The van der Waals surface area contributed by atoms with Gasteiger partial charge in [0.25, 0.3) is 0 Å². The number of anilines is 1. The smallest absolute Gasteiger partial charge is 0.140 e. The second kappa shape index (κ2) is 7.53. The molecular weight excluding hydrogens is 357 g/mol. The van der Waals surface area contributed by atoms with Crippen molar-refractivity contribution in [3.63, 3.8) is 0 Å². The Bertz CT molecular complexity index is 396. The van der Waals surface area contributed by atoms with Gasteiger partial charge in [-0.15, -0.1) is 0 Å². The van der Waals surface area contributed by atoms with Crippen molar-refractivity contribution in [1.82, 2.24) is 9.97 Å². The number of nitrogens with two attached hydrogens (primary N) is 1. The Hall–Kier alpha value is -0.0400. The second-order valence-electron chi connectivity index (χ2n) is 4.91. The van der Waals surface area contributed by atoms with E-state index in [4.69, 9.17) is 5.73 Å². The lowest BCUT2D eigenvalue weighted by molar-refractivity contribution is 0.629. The molecule has 0 saturated heterocycles. The number of rotatable bonds is 6. The Morgan fingerprint density at radius 2 is 1.94 bits per heavy atom. The largest absolute Gasteiger partial charge is 0.383 e. The molecule has 1 unspecified atom stereocenters. The van der Waals surface area contributed by atoms with E-state index in [9.17, 15) is 0 Å². The molecule has 0 fully saturated rings. The first-order valence-corrected chi connectivity index (χ1v) is 8.49. The summed E-state index contributed by atoms with van der Waals surface area (Å²) in [7, 11) is 0. The molecule has 3 nitrogen and oxygen atoms in total. The maximum Gasteiger partial charge on any atom is 0.140 e. The summed E-state index contributed by atoms with van der Waals surface area (Å²) in [5.41, 5.74) is 7.06. The van der Waals surface area contributed by atoms with Gasteiger partial charge in [-0.2, -0.15) is 11.8 Å². The minimum atomic E-state index is 0.586. The summed E-state index contributed by atoms with van der Waals surface area (Å²) in [6.07, 6.45) is 2.13. The van der Waals surface area contributed by atoms with Crippen molar-refractivity contribution in [3.8, 4) is 0 Å². The number of hydrogen-bond donors (Lipinski definition) is 1. The van der Waals surface area contributed by atoms with E-state index in [0.29, 0.717) is 17.0 Å². The van der Waals surface area contributed by atoms with Crippen molar-refractivity contribution in [1.29, 1.82) is 0 Å². The van der Waals surface area contributed by atoms with E-state index in [0.717, 1.165) is 27.3 Å². The van der Waals surface area contributed by atoms with Crippen LogP contribution in [0.4, 0.5) is 5.82 Å². The fourth-order valence-electron chi connectivity index (χ4n) is 1.49. The molecule has 0 bridgehead atoms. The van der Waals surface area contributed by atoms with Crippen LogP contribution in [0.15, 0.2) is 0 Å². The first-order valence-electron chi connectivity index (χ1n) is 6.36. The highest BCUT2D eigenvalue weighted by molar-refractivity contribution is 14.1. The third-order valence-electron chi connectivity index (χ3n) is 2.67. The first kappa shape index (κ1) is 16.0. The molecule has 0 aliphatic carbocycles. The van der Waals surface area contributed by atoms with Gasteiger partial charge in [0.1, 0.15) is 11.6 Å². The molecule has 1 atom stereocenters. The summed E-state index contributed by atoms with van der Waals surface area (Å²) in [6, 6.07) is 0. The van der Waals surface area contributed by atoms with E-state index in [-0.39, 0.29) is 0 Å². The van der Waals surface area contributed by atoms with Gasteiger partial charge < -0.3 is 5.73 Å². The zero-order valence-corrected chi connectivity index (χ0v) is 14.5. The number of halogens is 1. The Labute approximate surface area is 128 Å². The lowest BCUT2D eigenvalue weighted by Gasteiger charge is -2.12. The Balaban J connectivity index is 2.83. The van der Waals surface area contributed by atoms with Crippen molar-refractivity contribution < 1.29 is 0 Å². The maximum absolute atomic E-state index is 5.97. The number of thioether (sulfide) groups is 1. The minimum Gasteiger partial charge on any atom is -0.383 e. The molecule has 0 saturated carbocycles. The van der Waals surface area contributed by atoms with Crippen LogP contribution in [0, 0.1) is 9.49 Å². The van der Waals surface area contributed by atoms with E-state index in [1.165, 1.54) is 6.42 Å². The van der Waals surface area contributed by atoms with Crippen LogP contribution >= 0.6 is 34.4 Å². The van der Waals surface area contributed by atoms with Gasteiger partial charge in [-0.3, -0.25) is 0 Å². The van der Waals surface area contributed by atoms with Crippen LogP contribution < -0.4 is 5.73 Å². The zero-order chi connectivity index (χ0) is 13.7. The van der Waals surface area contributed by atoms with Gasteiger partial charge in [-0.05, 0) is 41.4 Å². The Kier molecular flexibility index (Phi) is 6.70. The van der Waals surface area contributed by atoms with Crippen molar-refractivity contribution in [3.05, 3.63) is 15.1 Å². The van der Waals surface area contributed by atoms with Crippen LogP contribution in [-0.2, 0) is 12.2 Å². The molecule has 1 rings (SSSR count). The van der Waals surface area contributed by atoms with E-state index in [2.05, 4.69) is 60.3 Å². The quantitative estimate of drug-likeness (QED) is 0.762. The van der Waals surface area contributed by atoms with Gasteiger partial charge >= 0.3 is 0 Å². The molecule has 102 valence electrons. The highest BCUT2D eigenvalue weighted by Gasteiger charge is 2.12. The number of nitrogen functional groups attached to an aromatic ring is 1. The Morgan fingerprint density at radius 3 is 2.50 bits per heavy atom. The van der Waals surface area contributed by atoms with Crippen molar-refractivity contribution >= 4 is 40.2 Å². The molecule has 1 aromatic heterocycles. The van der Waals surface area contributed by atoms with E-state index < -0.39 is 0 Å². The molecular formula is C13H22IN3S. The average Bonchev–Trinajstić information content (AvgIpc) is 2.31. The van der Waals surface area contributed by atoms with Crippen LogP contribution in [0.3, 0.4) is 0 Å². The molecule has 1 heterocycles. The van der Waals surface area contributed by atoms with Gasteiger partial charge in [0.15, 0.2) is 0 Å². The standard InChI is InChI=1S/C13H22IN3S/c1-5-9(4)18-7-11-16-10(6-8(2)3)12(14)13(15)17-11/h8-9H,5-7H2,1-4H3,(H2,15,16,17). The molecule has 0 spiro atoms. The lowest BCUT2D eigenvalue weighted by atomic mass is 10.1. The monoisotopic (exact) mass is 379 g/mol. The molecule has 0 aliphatic rings. The molecule has 1 aromatic rings. The summed E-state index contributed by atoms with van der Waals surface area (Å²) in [5, 5.41) is 0.641. The number of hydrogen-bond acceptors (Lipinski definition) is 4. The highest BCUT2D eigenvalue weighted by Crippen LogP contribution is 2.23. The van der Waals surface area contributed by atoms with Gasteiger partial charge in [-0.1, -0.05) is 27.7 Å². The van der Waals surface area contributed by atoms with E-state index in [1.807, 2.05) is 11.8 Å². The predicted molar refractivity (Wildman–Crippen MR) is 88.8 cm³/mol.